The molecule has 1 aromatic heterocycles. The van der Waals surface area contributed by atoms with Crippen molar-refractivity contribution in [2.45, 2.75) is 52.4 Å². The number of rotatable bonds is 6. The third kappa shape index (κ3) is 4.73. The lowest BCUT2D eigenvalue weighted by molar-refractivity contribution is 0.0476. The number of hydrogen-bond acceptors (Lipinski definition) is 6. The van der Waals surface area contributed by atoms with Crippen LogP contribution in [0.5, 0.6) is 11.5 Å². The number of hydrogen-bond donors (Lipinski definition) is 0. The standard InChI is InChI=1S/C24H35N5O2/c1-3-29-16-21(19(2)25-29)15-27-8-4-5-22(17-27)28-11-9-26(10-12-28)14-20-6-7-23-24(13-20)31-18-30-23/h6-7,13,16,22H,3-5,8-12,14-15,17-18H2,1-2H3/t22-/m0/s1. The fourth-order valence-corrected chi connectivity index (χ4v) is 5.17. The molecule has 0 saturated carbocycles. The zero-order chi connectivity index (χ0) is 21.2. The Morgan fingerprint density at radius 2 is 1.84 bits per heavy atom. The first kappa shape index (κ1) is 20.8. The molecule has 0 bridgehead atoms. The van der Waals surface area contributed by atoms with Crippen LogP contribution in [0, 0.1) is 6.92 Å². The highest BCUT2D eigenvalue weighted by molar-refractivity contribution is 5.44. The van der Waals surface area contributed by atoms with Crippen LogP contribution in [0.1, 0.15) is 36.6 Å². The first-order valence-corrected chi connectivity index (χ1v) is 11.8. The molecule has 4 heterocycles. The third-order valence-electron chi connectivity index (χ3n) is 7.01. The molecule has 0 spiro atoms. The molecule has 7 heteroatoms. The maximum absolute atomic E-state index is 5.53. The molecular weight excluding hydrogens is 390 g/mol. The lowest BCUT2D eigenvalue weighted by atomic mass is 10.0. The molecule has 3 aliphatic rings. The number of benzene rings is 1. The normalized spacial score (nSPS) is 22.8. The summed E-state index contributed by atoms with van der Waals surface area (Å²) in [6, 6.07) is 7.02. The van der Waals surface area contributed by atoms with Crippen LogP contribution in [0.15, 0.2) is 24.4 Å². The van der Waals surface area contributed by atoms with Crippen molar-refractivity contribution in [3.63, 3.8) is 0 Å². The van der Waals surface area contributed by atoms with E-state index in [2.05, 4.69) is 56.7 Å². The van der Waals surface area contributed by atoms with Crippen molar-refractivity contribution in [2.75, 3.05) is 46.1 Å². The van der Waals surface area contributed by atoms with E-state index < -0.39 is 0 Å². The van der Waals surface area contributed by atoms with Gasteiger partial charge in [0.15, 0.2) is 11.5 Å². The summed E-state index contributed by atoms with van der Waals surface area (Å²) in [6.45, 7) is 14.6. The van der Waals surface area contributed by atoms with Gasteiger partial charge in [-0.1, -0.05) is 6.07 Å². The summed E-state index contributed by atoms with van der Waals surface area (Å²) in [5, 5.41) is 4.62. The summed E-state index contributed by atoms with van der Waals surface area (Å²) >= 11 is 0. The summed E-state index contributed by atoms with van der Waals surface area (Å²) < 4.78 is 13.0. The molecule has 1 aromatic carbocycles. The quantitative estimate of drug-likeness (QED) is 0.709. The fraction of sp³-hybridized carbons (Fsp3) is 0.625. The minimum atomic E-state index is 0.344. The van der Waals surface area contributed by atoms with Gasteiger partial charge in [0, 0.05) is 70.2 Å². The predicted octanol–water partition coefficient (Wildman–Crippen LogP) is 2.72. The van der Waals surface area contributed by atoms with E-state index in [1.165, 1.54) is 42.8 Å². The third-order valence-corrected chi connectivity index (χ3v) is 7.01. The topological polar surface area (TPSA) is 46.0 Å². The second-order valence-corrected chi connectivity index (χ2v) is 9.13. The maximum Gasteiger partial charge on any atom is 0.231 e. The molecular formula is C24H35N5O2. The van der Waals surface area contributed by atoms with Crippen LogP contribution in [0.25, 0.3) is 0 Å². The van der Waals surface area contributed by atoms with Crippen LogP contribution in [0.3, 0.4) is 0 Å². The SMILES string of the molecule is CCn1cc(CN2CCC[C@H](N3CCN(Cc4ccc5c(c4)OCO5)CC3)C2)c(C)n1. The van der Waals surface area contributed by atoms with Crippen molar-refractivity contribution < 1.29 is 9.47 Å². The van der Waals surface area contributed by atoms with E-state index in [9.17, 15) is 0 Å². The smallest absolute Gasteiger partial charge is 0.231 e. The van der Waals surface area contributed by atoms with Crippen LogP contribution >= 0.6 is 0 Å². The van der Waals surface area contributed by atoms with Gasteiger partial charge in [-0.25, -0.2) is 0 Å². The van der Waals surface area contributed by atoms with Crippen LogP contribution in [-0.2, 0) is 19.6 Å². The Morgan fingerprint density at radius 3 is 2.65 bits per heavy atom. The second kappa shape index (κ2) is 9.18. The van der Waals surface area contributed by atoms with E-state index in [1.807, 2.05) is 6.07 Å². The Balaban J connectivity index is 1.12. The van der Waals surface area contributed by atoms with Gasteiger partial charge >= 0.3 is 0 Å². The van der Waals surface area contributed by atoms with Crippen molar-refractivity contribution in [1.29, 1.82) is 0 Å². The van der Waals surface area contributed by atoms with Gasteiger partial charge in [0.25, 0.3) is 0 Å². The highest BCUT2D eigenvalue weighted by Crippen LogP contribution is 2.33. The fourth-order valence-electron chi connectivity index (χ4n) is 5.17. The van der Waals surface area contributed by atoms with E-state index in [-0.39, 0.29) is 0 Å². The number of fused-ring (bicyclic) bond motifs is 1. The largest absolute Gasteiger partial charge is 0.454 e. The Bertz CT molecular complexity index is 890. The lowest BCUT2D eigenvalue weighted by Gasteiger charge is -2.43. The monoisotopic (exact) mass is 425 g/mol. The van der Waals surface area contributed by atoms with Gasteiger partial charge in [-0.3, -0.25) is 19.4 Å². The minimum Gasteiger partial charge on any atom is -0.454 e. The predicted molar refractivity (Wildman–Crippen MR) is 120 cm³/mol. The number of ether oxygens (including phenoxy) is 2. The molecule has 3 aliphatic heterocycles. The van der Waals surface area contributed by atoms with E-state index in [4.69, 9.17) is 9.47 Å². The first-order chi connectivity index (χ1) is 15.2. The van der Waals surface area contributed by atoms with Gasteiger partial charge in [-0.2, -0.15) is 5.10 Å². The van der Waals surface area contributed by atoms with Gasteiger partial charge < -0.3 is 9.47 Å². The molecule has 2 aromatic rings. The molecule has 2 fully saturated rings. The molecule has 0 N–H and O–H groups in total. The Morgan fingerprint density at radius 1 is 1.00 bits per heavy atom. The summed E-state index contributed by atoms with van der Waals surface area (Å²) in [6.07, 6.45) is 4.85. The van der Waals surface area contributed by atoms with Gasteiger partial charge in [0.1, 0.15) is 0 Å². The Labute approximate surface area is 185 Å². The number of aryl methyl sites for hydroxylation is 2. The molecule has 0 unspecified atom stereocenters. The highest BCUT2D eigenvalue weighted by atomic mass is 16.7. The summed E-state index contributed by atoms with van der Waals surface area (Å²) in [5.41, 5.74) is 3.88. The molecule has 5 rings (SSSR count). The Kier molecular flexibility index (Phi) is 6.16. The second-order valence-electron chi connectivity index (χ2n) is 9.13. The molecule has 0 radical (unpaired) electrons. The van der Waals surface area contributed by atoms with Gasteiger partial charge in [0.05, 0.1) is 5.69 Å². The summed E-state index contributed by atoms with van der Waals surface area (Å²) in [5.74, 6) is 1.76. The van der Waals surface area contributed by atoms with Crippen LogP contribution in [-0.4, -0.2) is 76.6 Å². The lowest BCUT2D eigenvalue weighted by Crippen LogP contribution is -2.54. The Hall–Kier alpha value is -2.09. The molecule has 2 saturated heterocycles. The molecule has 168 valence electrons. The van der Waals surface area contributed by atoms with E-state index in [0.717, 1.165) is 57.3 Å². The van der Waals surface area contributed by atoms with Gasteiger partial charge in [0.2, 0.25) is 6.79 Å². The minimum absolute atomic E-state index is 0.344. The first-order valence-electron chi connectivity index (χ1n) is 11.8. The molecule has 1 atom stereocenters. The molecule has 31 heavy (non-hydrogen) atoms. The summed E-state index contributed by atoms with van der Waals surface area (Å²) in [4.78, 5) is 7.93. The zero-order valence-corrected chi connectivity index (χ0v) is 18.9. The molecule has 0 aliphatic carbocycles. The maximum atomic E-state index is 5.53. The number of nitrogens with zero attached hydrogens (tertiary/aromatic N) is 5. The van der Waals surface area contributed by atoms with Crippen molar-refractivity contribution >= 4 is 0 Å². The van der Waals surface area contributed by atoms with Crippen LogP contribution in [0.2, 0.25) is 0 Å². The number of piperazine rings is 1. The number of piperidine rings is 1. The number of aromatic nitrogens is 2. The van der Waals surface area contributed by atoms with Gasteiger partial charge in [-0.05, 0) is 50.9 Å². The van der Waals surface area contributed by atoms with Crippen LogP contribution < -0.4 is 9.47 Å². The van der Waals surface area contributed by atoms with Crippen molar-refractivity contribution in [2.24, 2.45) is 0 Å². The highest BCUT2D eigenvalue weighted by Gasteiger charge is 2.28. The van der Waals surface area contributed by atoms with Gasteiger partial charge in [-0.15, -0.1) is 0 Å². The van der Waals surface area contributed by atoms with E-state index in [1.54, 1.807) is 0 Å². The van der Waals surface area contributed by atoms with E-state index >= 15 is 0 Å². The zero-order valence-electron chi connectivity index (χ0n) is 18.9. The molecule has 7 nitrogen and oxygen atoms in total. The average Bonchev–Trinajstić information content (AvgIpc) is 3.40. The number of likely N-dealkylation sites (tertiary alicyclic amines) is 1. The molecule has 0 amide bonds. The van der Waals surface area contributed by atoms with E-state index in [0.29, 0.717) is 12.8 Å². The van der Waals surface area contributed by atoms with Crippen molar-refractivity contribution in [1.82, 2.24) is 24.5 Å². The van der Waals surface area contributed by atoms with Crippen molar-refractivity contribution in [3.05, 3.63) is 41.2 Å². The summed E-state index contributed by atoms with van der Waals surface area (Å²) in [7, 11) is 0. The van der Waals surface area contributed by atoms with Crippen molar-refractivity contribution in [3.8, 4) is 11.5 Å². The average molecular weight is 426 g/mol. The van der Waals surface area contributed by atoms with Crippen LogP contribution in [0.4, 0.5) is 0 Å².